The third-order valence-electron chi connectivity index (χ3n) is 5.19. The van der Waals surface area contributed by atoms with Gasteiger partial charge in [-0.3, -0.25) is 19.9 Å². The number of carbonyl (C=O) groups excluding carboxylic acids is 3. The normalized spacial score (nSPS) is 19.7. The summed E-state index contributed by atoms with van der Waals surface area (Å²) in [6.07, 6.45) is 2.94. The molecule has 29 heavy (non-hydrogen) atoms. The summed E-state index contributed by atoms with van der Waals surface area (Å²) in [5.74, 6) is -1.02. The number of piperidine rings is 1. The van der Waals surface area contributed by atoms with Crippen molar-refractivity contribution in [3.8, 4) is 11.1 Å². The first-order valence-corrected chi connectivity index (χ1v) is 9.90. The molecule has 1 N–H and O–H groups in total. The number of nitrogens with one attached hydrogen (secondary N) is 1. The van der Waals surface area contributed by atoms with E-state index < -0.39 is 5.92 Å². The molecular formula is C21H20ClN3O4. The summed E-state index contributed by atoms with van der Waals surface area (Å²) in [7, 11) is 0. The minimum Gasteiger partial charge on any atom is -0.449 e. The third-order valence-corrected chi connectivity index (χ3v) is 5.61. The third kappa shape index (κ3) is 4.10. The van der Waals surface area contributed by atoms with E-state index in [0.29, 0.717) is 43.1 Å². The molecule has 1 unspecified atom stereocenters. The molecule has 3 amide bonds. The van der Waals surface area contributed by atoms with Gasteiger partial charge in [0.15, 0.2) is 0 Å². The van der Waals surface area contributed by atoms with Gasteiger partial charge in [-0.2, -0.15) is 0 Å². The molecule has 4 rings (SSSR count). The van der Waals surface area contributed by atoms with Crippen LogP contribution in [-0.4, -0.2) is 40.9 Å². The van der Waals surface area contributed by atoms with Crippen LogP contribution in [0.4, 0.5) is 4.79 Å². The lowest BCUT2D eigenvalue weighted by Crippen LogP contribution is -2.39. The number of rotatable bonds is 4. The summed E-state index contributed by atoms with van der Waals surface area (Å²) >= 11 is 6.63. The van der Waals surface area contributed by atoms with Crippen molar-refractivity contribution in [3.63, 3.8) is 0 Å². The zero-order valence-electron chi connectivity index (χ0n) is 15.7. The van der Waals surface area contributed by atoms with Crippen LogP contribution in [0.2, 0.25) is 5.02 Å². The SMILES string of the molecule is O=C1CCC(c2cccc(-c3ccc(CN4CCCOC4=O)nc3)c2Cl)C(=O)N1. The summed E-state index contributed by atoms with van der Waals surface area (Å²) < 4.78 is 5.05. The Morgan fingerprint density at radius 1 is 1.21 bits per heavy atom. The van der Waals surface area contributed by atoms with E-state index in [9.17, 15) is 14.4 Å². The van der Waals surface area contributed by atoms with Gasteiger partial charge in [0.2, 0.25) is 11.8 Å². The van der Waals surface area contributed by atoms with Crippen LogP contribution in [0.15, 0.2) is 36.5 Å². The number of hydrogen-bond acceptors (Lipinski definition) is 5. The van der Waals surface area contributed by atoms with Crippen LogP contribution < -0.4 is 5.32 Å². The Morgan fingerprint density at radius 3 is 2.79 bits per heavy atom. The van der Waals surface area contributed by atoms with Crippen molar-refractivity contribution >= 4 is 29.5 Å². The van der Waals surface area contributed by atoms with E-state index in [1.807, 2.05) is 30.3 Å². The Hall–Kier alpha value is -2.93. The molecule has 2 aliphatic rings. The number of pyridine rings is 1. The zero-order valence-corrected chi connectivity index (χ0v) is 16.4. The molecule has 0 aliphatic carbocycles. The molecule has 3 heterocycles. The maximum atomic E-state index is 12.2. The maximum Gasteiger partial charge on any atom is 0.410 e. The number of hydrogen-bond donors (Lipinski definition) is 1. The largest absolute Gasteiger partial charge is 0.449 e. The van der Waals surface area contributed by atoms with Crippen LogP contribution in [0.1, 0.15) is 36.4 Å². The minimum absolute atomic E-state index is 0.254. The highest BCUT2D eigenvalue weighted by atomic mass is 35.5. The lowest BCUT2D eigenvalue weighted by atomic mass is 9.88. The van der Waals surface area contributed by atoms with Crippen LogP contribution in [0, 0.1) is 0 Å². The molecule has 8 heteroatoms. The maximum absolute atomic E-state index is 12.2. The summed E-state index contributed by atoms with van der Waals surface area (Å²) in [4.78, 5) is 41.5. The highest BCUT2D eigenvalue weighted by Gasteiger charge is 2.30. The van der Waals surface area contributed by atoms with Crippen molar-refractivity contribution in [2.75, 3.05) is 13.2 Å². The quantitative estimate of drug-likeness (QED) is 0.777. The standard InChI is InChI=1S/C21H20ClN3O4/c22-19-15(3-1-4-16(19)17-7-8-18(26)24-20(17)27)13-5-6-14(23-11-13)12-25-9-2-10-29-21(25)28/h1,3-6,11,17H,2,7-10,12H2,(H,24,26,27). The molecule has 0 spiro atoms. The number of carbonyl (C=O) groups is 3. The molecule has 7 nitrogen and oxygen atoms in total. The fourth-order valence-electron chi connectivity index (χ4n) is 3.65. The molecule has 150 valence electrons. The smallest absolute Gasteiger partial charge is 0.410 e. The van der Waals surface area contributed by atoms with E-state index in [4.69, 9.17) is 16.3 Å². The molecule has 0 saturated carbocycles. The minimum atomic E-state index is -0.447. The van der Waals surface area contributed by atoms with Crippen molar-refractivity contribution in [2.45, 2.75) is 31.7 Å². The highest BCUT2D eigenvalue weighted by molar-refractivity contribution is 6.34. The highest BCUT2D eigenvalue weighted by Crippen LogP contribution is 2.37. The van der Waals surface area contributed by atoms with Crippen molar-refractivity contribution in [2.24, 2.45) is 0 Å². The molecule has 1 atom stereocenters. The summed E-state index contributed by atoms with van der Waals surface area (Å²) in [6, 6.07) is 9.28. The average molecular weight is 414 g/mol. The summed E-state index contributed by atoms with van der Waals surface area (Å²) in [5.41, 5.74) is 3.04. The zero-order chi connectivity index (χ0) is 20.4. The first-order chi connectivity index (χ1) is 14.0. The molecule has 2 aliphatic heterocycles. The number of imide groups is 1. The van der Waals surface area contributed by atoms with Gasteiger partial charge in [0.05, 0.1) is 29.8 Å². The van der Waals surface area contributed by atoms with Crippen LogP contribution in [0.3, 0.4) is 0 Å². The van der Waals surface area contributed by atoms with Crippen LogP contribution >= 0.6 is 11.6 Å². The number of amides is 3. The Labute approximate surface area is 173 Å². The molecule has 0 bridgehead atoms. The summed E-state index contributed by atoms with van der Waals surface area (Å²) in [6.45, 7) is 1.51. The van der Waals surface area contributed by atoms with Crippen LogP contribution in [0.5, 0.6) is 0 Å². The van der Waals surface area contributed by atoms with Gasteiger partial charge in [-0.1, -0.05) is 35.9 Å². The van der Waals surface area contributed by atoms with Crippen molar-refractivity contribution in [3.05, 3.63) is 52.8 Å². The van der Waals surface area contributed by atoms with Gasteiger partial charge >= 0.3 is 6.09 Å². The Balaban J connectivity index is 1.55. The molecule has 2 saturated heterocycles. The monoisotopic (exact) mass is 413 g/mol. The molecule has 1 aromatic heterocycles. The van der Waals surface area contributed by atoms with E-state index in [1.165, 1.54) is 0 Å². The summed E-state index contributed by atoms with van der Waals surface area (Å²) in [5, 5.41) is 2.86. The Bertz CT molecular complexity index is 961. The Morgan fingerprint density at radius 2 is 2.07 bits per heavy atom. The molecule has 1 aromatic carbocycles. The van der Waals surface area contributed by atoms with Crippen LogP contribution in [-0.2, 0) is 20.9 Å². The van der Waals surface area contributed by atoms with Crippen LogP contribution in [0.25, 0.3) is 11.1 Å². The fourth-order valence-corrected chi connectivity index (χ4v) is 4.01. The van der Waals surface area contributed by atoms with E-state index in [-0.39, 0.29) is 17.9 Å². The van der Waals surface area contributed by atoms with Gasteiger partial charge in [0.25, 0.3) is 0 Å². The first kappa shape index (κ1) is 19.4. The average Bonchev–Trinajstić information content (AvgIpc) is 2.71. The van der Waals surface area contributed by atoms with E-state index >= 15 is 0 Å². The van der Waals surface area contributed by atoms with E-state index in [2.05, 4.69) is 10.3 Å². The van der Waals surface area contributed by atoms with Gasteiger partial charge in [-0.25, -0.2) is 4.79 Å². The number of benzene rings is 1. The van der Waals surface area contributed by atoms with E-state index in [0.717, 1.165) is 23.2 Å². The fraction of sp³-hybridized carbons (Fsp3) is 0.333. The van der Waals surface area contributed by atoms with Gasteiger partial charge in [0.1, 0.15) is 0 Å². The van der Waals surface area contributed by atoms with E-state index in [1.54, 1.807) is 11.1 Å². The number of ether oxygens (including phenoxy) is 1. The predicted octanol–water partition coefficient (Wildman–Crippen LogP) is 3.26. The second kappa shape index (κ2) is 8.21. The second-order valence-corrected chi connectivity index (χ2v) is 7.52. The molecule has 2 aromatic rings. The molecular weight excluding hydrogens is 394 g/mol. The number of halogens is 1. The predicted molar refractivity (Wildman–Crippen MR) is 106 cm³/mol. The second-order valence-electron chi connectivity index (χ2n) is 7.14. The lowest BCUT2D eigenvalue weighted by Gasteiger charge is -2.26. The van der Waals surface area contributed by atoms with Gasteiger partial charge < -0.3 is 9.64 Å². The lowest BCUT2D eigenvalue weighted by molar-refractivity contribution is -0.134. The number of nitrogens with zero attached hydrogens (tertiary/aromatic N) is 2. The first-order valence-electron chi connectivity index (χ1n) is 9.52. The number of cyclic esters (lactones) is 1. The topological polar surface area (TPSA) is 88.6 Å². The van der Waals surface area contributed by atoms with Gasteiger partial charge in [-0.15, -0.1) is 0 Å². The molecule has 0 radical (unpaired) electrons. The van der Waals surface area contributed by atoms with Crippen molar-refractivity contribution in [1.82, 2.24) is 15.2 Å². The van der Waals surface area contributed by atoms with Crippen molar-refractivity contribution in [1.29, 1.82) is 0 Å². The van der Waals surface area contributed by atoms with Gasteiger partial charge in [0, 0.05) is 30.3 Å². The molecule has 2 fully saturated rings. The number of aromatic nitrogens is 1. The van der Waals surface area contributed by atoms with Gasteiger partial charge in [-0.05, 0) is 24.5 Å². The van der Waals surface area contributed by atoms with Crippen molar-refractivity contribution < 1.29 is 19.1 Å². The Kier molecular flexibility index (Phi) is 5.49.